The molecule has 0 spiro atoms. The largest absolute Gasteiger partial charge is 0.508 e. The number of para-hydroxylation sites is 1. The van der Waals surface area contributed by atoms with Crippen LogP contribution in [0.15, 0.2) is 75.9 Å². The van der Waals surface area contributed by atoms with E-state index in [1.54, 1.807) is 42.5 Å². The molecule has 8 heteroatoms. The van der Waals surface area contributed by atoms with Gasteiger partial charge in [-0.15, -0.1) is 0 Å². The fourth-order valence-corrected chi connectivity index (χ4v) is 5.10. The van der Waals surface area contributed by atoms with Crippen molar-refractivity contribution in [1.82, 2.24) is 4.98 Å². The molecular formula is C24H13FN2O4S. The number of rotatable bonds is 2. The van der Waals surface area contributed by atoms with Crippen LogP contribution in [0, 0.1) is 5.82 Å². The second-order valence-corrected chi connectivity index (χ2v) is 8.46. The van der Waals surface area contributed by atoms with Crippen molar-refractivity contribution in [3.05, 3.63) is 99.7 Å². The molecule has 0 saturated heterocycles. The summed E-state index contributed by atoms with van der Waals surface area (Å²) < 4.78 is 20.2. The van der Waals surface area contributed by atoms with Crippen molar-refractivity contribution in [1.29, 1.82) is 0 Å². The Kier molecular flexibility index (Phi) is 3.93. The molecule has 3 heterocycles. The van der Waals surface area contributed by atoms with Gasteiger partial charge in [0.05, 0.1) is 27.2 Å². The van der Waals surface area contributed by atoms with Crippen LogP contribution in [0.3, 0.4) is 0 Å². The average Bonchev–Trinajstić information content (AvgIpc) is 3.33. The van der Waals surface area contributed by atoms with E-state index < -0.39 is 17.8 Å². The third-order valence-electron chi connectivity index (χ3n) is 5.53. The molecule has 1 atom stereocenters. The number of benzene rings is 3. The second kappa shape index (κ2) is 6.73. The van der Waals surface area contributed by atoms with Crippen LogP contribution in [0.4, 0.5) is 9.52 Å². The quantitative estimate of drug-likeness (QED) is 0.414. The zero-order chi connectivity index (χ0) is 22.0. The first-order valence-corrected chi connectivity index (χ1v) is 10.6. The number of phenolic OH excluding ortho intramolecular Hbond substituents is 1. The van der Waals surface area contributed by atoms with Gasteiger partial charge in [0.25, 0.3) is 5.91 Å². The van der Waals surface area contributed by atoms with Gasteiger partial charge >= 0.3 is 0 Å². The highest BCUT2D eigenvalue weighted by molar-refractivity contribution is 7.22. The first-order valence-electron chi connectivity index (χ1n) is 9.75. The molecular weight excluding hydrogens is 431 g/mol. The number of hydrogen-bond donors (Lipinski definition) is 1. The Bertz CT molecular complexity index is 1610. The maximum Gasteiger partial charge on any atom is 0.297 e. The highest BCUT2D eigenvalue weighted by Crippen LogP contribution is 2.43. The molecule has 2 aromatic heterocycles. The van der Waals surface area contributed by atoms with Gasteiger partial charge in [-0.3, -0.25) is 14.5 Å². The van der Waals surface area contributed by atoms with E-state index in [0.717, 1.165) is 11.3 Å². The summed E-state index contributed by atoms with van der Waals surface area (Å²) >= 11 is 1.16. The molecule has 156 valence electrons. The smallest absolute Gasteiger partial charge is 0.297 e. The van der Waals surface area contributed by atoms with Crippen LogP contribution in [0.2, 0.25) is 0 Å². The number of carbonyl (C=O) groups excluding carboxylic acids is 1. The van der Waals surface area contributed by atoms with Gasteiger partial charge in [-0.25, -0.2) is 9.37 Å². The standard InChI is InChI=1S/C24H13FN2O4S/c25-13-7-10-16-18(11-13)32-24(26-16)27-20(12-5-8-14(28)9-6-12)19-21(29)15-3-1-2-4-17(15)31-22(19)23(27)30/h1-11,20,28H/t20-/m0/s1. The van der Waals surface area contributed by atoms with Crippen LogP contribution < -0.4 is 10.3 Å². The third-order valence-corrected chi connectivity index (χ3v) is 6.55. The average molecular weight is 444 g/mol. The van der Waals surface area contributed by atoms with Gasteiger partial charge in [0, 0.05) is 0 Å². The molecule has 0 radical (unpaired) electrons. The monoisotopic (exact) mass is 444 g/mol. The normalized spacial score (nSPS) is 15.6. The van der Waals surface area contributed by atoms with E-state index in [9.17, 15) is 19.1 Å². The number of fused-ring (bicyclic) bond motifs is 3. The molecule has 1 aliphatic rings. The van der Waals surface area contributed by atoms with Gasteiger partial charge in [-0.05, 0) is 48.0 Å². The lowest BCUT2D eigenvalue weighted by Crippen LogP contribution is -2.29. The molecule has 1 aliphatic heterocycles. The van der Waals surface area contributed by atoms with Crippen LogP contribution >= 0.6 is 11.3 Å². The van der Waals surface area contributed by atoms with E-state index in [4.69, 9.17) is 4.42 Å². The van der Waals surface area contributed by atoms with Gasteiger partial charge in [0.15, 0.2) is 10.6 Å². The highest BCUT2D eigenvalue weighted by atomic mass is 32.1. The van der Waals surface area contributed by atoms with Gasteiger partial charge in [-0.1, -0.05) is 35.6 Å². The van der Waals surface area contributed by atoms with Crippen molar-refractivity contribution in [3.8, 4) is 5.75 Å². The van der Waals surface area contributed by atoms with E-state index in [1.165, 1.54) is 29.2 Å². The van der Waals surface area contributed by atoms with Gasteiger partial charge in [-0.2, -0.15) is 0 Å². The van der Waals surface area contributed by atoms with E-state index in [0.29, 0.717) is 31.9 Å². The number of hydrogen-bond acceptors (Lipinski definition) is 6. The molecule has 0 fully saturated rings. The number of anilines is 1. The summed E-state index contributed by atoms with van der Waals surface area (Å²) in [7, 11) is 0. The molecule has 6 rings (SSSR count). The molecule has 0 saturated carbocycles. The minimum atomic E-state index is -0.802. The zero-order valence-corrected chi connectivity index (χ0v) is 17.1. The summed E-state index contributed by atoms with van der Waals surface area (Å²) in [5, 5.41) is 10.4. The van der Waals surface area contributed by atoms with Gasteiger partial charge < -0.3 is 9.52 Å². The van der Waals surface area contributed by atoms with Crippen molar-refractivity contribution in [2.24, 2.45) is 0 Å². The van der Waals surface area contributed by atoms with E-state index in [-0.39, 0.29) is 22.5 Å². The molecule has 0 bridgehead atoms. The van der Waals surface area contributed by atoms with Crippen molar-refractivity contribution >= 4 is 43.6 Å². The van der Waals surface area contributed by atoms with Crippen molar-refractivity contribution in [3.63, 3.8) is 0 Å². The number of nitrogens with zero attached hydrogens (tertiary/aromatic N) is 2. The summed E-state index contributed by atoms with van der Waals surface area (Å²) in [6, 6.07) is 16.5. The molecule has 0 unspecified atom stereocenters. The fourth-order valence-electron chi connectivity index (χ4n) is 4.08. The Morgan fingerprint density at radius 2 is 1.81 bits per heavy atom. The SMILES string of the molecule is O=C1c2oc3ccccc3c(=O)c2[C@H](c2ccc(O)cc2)N1c1nc2ccc(F)cc2s1. The minimum absolute atomic E-state index is 0.0442. The Morgan fingerprint density at radius 1 is 1.03 bits per heavy atom. The summed E-state index contributed by atoms with van der Waals surface area (Å²) in [5.74, 6) is -0.884. The van der Waals surface area contributed by atoms with Crippen LogP contribution in [-0.2, 0) is 0 Å². The Balaban J connectivity index is 1.64. The third kappa shape index (κ3) is 2.66. The zero-order valence-electron chi connectivity index (χ0n) is 16.3. The number of halogens is 1. The van der Waals surface area contributed by atoms with Crippen LogP contribution in [0.1, 0.15) is 27.7 Å². The van der Waals surface area contributed by atoms with Crippen LogP contribution in [-0.4, -0.2) is 16.0 Å². The number of aromatic nitrogens is 1. The summed E-state index contributed by atoms with van der Waals surface area (Å²) in [6.07, 6.45) is 0. The number of phenols is 1. The predicted octanol–water partition coefficient (Wildman–Crippen LogP) is 5.00. The lowest BCUT2D eigenvalue weighted by molar-refractivity contribution is 0.0971. The molecule has 1 amide bonds. The fraction of sp³-hybridized carbons (Fsp3) is 0.0417. The van der Waals surface area contributed by atoms with Gasteiger partial charge in [0.2, 0.25) is 5.76 Å². The number of amides is 1. The summed E-state index contributed by atoms with van der Waals surface area (Å²) in [4.78, 5) is 32.9. The van der Waals surface area contributed by atoms with Gasteiger partial charge in [0.1, 0.15) is 17.1 Å². The predicted molar refractivity (Wildman–Crippen MR) is 119 cm³/mol. The Hall–Kier alpha value is -4.04. The lowest BCUT2D eigenvalue weighted by Gasteiger charge is -2.22. The first-order chi connectivity index (χ1) is 15.5. The molecule has 5 aromatic rings. The Labute approximate surface area is 183 Å². The van der Waals surface area contributed by atoms with E-state index in [1.807, 2.05) is 0 Å². The lowest BCUT2D eigenvalue weighted by atomic mass is 9.98. The number of thiazole rings is 1. The molecule has 0 aliphatic carbocycles. The number of aromatic hydroxyl groups is 1. The van der Waals surface area contributed by atoms with Crippen molar-refractivity contribution < 1.29 is 18.7 Å². The maximum absolute atomic E-state index is 13.7. The molecule has 1 N–H and O–H groups in total. The highest BCUT2D eigenvalue weighted by Gasteiger charge is 2.45. The summed E-state index contributed by atoms with van der Waals surface area (Å²) in [5.41, 5.74) is 1.39. The summed E-state index contributed by atoms with van der Waals surface area (Å²) in [6.45, 7) is 0. The molecule has 32 heavy (non-hydrogen) atoms. The molecule has 6 nitrogen and oxygen atoms in total. The minimum Gasteiger partial charge on any atom is -0.508 e. The van der Waals surface area contributed by atoms with Crippen LogP contribution in [0.5, 0.6) is 5.75 Å². The van der Waals surface area contributed by atoms with Crippen molar-refractivity contribution in [2.75, 3.05) is 4.90 Å². The maximum atomic E-state index is 13.7. The van der Waals surface area contributed by atoms with Crippen LogP contribution in [0.25, 0.3) is 21.2 Å². The number of carbonyl (C=O) groups is 1. The first kappa shape index (κ1) is 18.7. The van der Waals surface area contributed by atoms with Crippen molar-refractivity contribution in [2.45, 2.75) is 6.04 Å². The van der Waals surface area contributed by atoms with E-state index >= 15 is 0 Å². The Morgan fingerprint density at radius 3 is 2.62 bits per heavy atom. The topological polar surface area (TPSA) is 83.6 Å². The van der Waals surface area contributed by atoms with E-state index in [2.05, 4.69) is 4.98 Å². The second-order valence-electron chi connectivity index (χ2n) is 7.45. The molecule has 3 aromatic carbocycles.